The first kappa shape index (κ1) is 8.43. The van der Waals surface area contributed by atoms with Crippen LogP contribution in [-0.2, 0) is 14.6 Å². The Morgan fingerprint density at radius 3 is 2.56 bits per heavy atom. The lowest BCUT2D eigenvalue weighted by atomic mass is 10.5. The first-order chi connectivity index (χ1) is 4.31. The van der Waals surface area contributed by atoms with Gasteiger partial charge in [0.2, 0.25) is 0 Å². The molecule has 0 aliphatic rings. The van der Waals surface area contributed by atoms with Gasteiger partial charge in [0.15, 0.2) is 0 Å². The van der Waals surface area contributed by atoms with Crippen molar-refractivity contribution in [2.75, 3.05) is 6.61 Å². The summed E-state index contributed by atoms with van der Waals surface area (Å²) in [6, 6.07) is 0. The van der Waals surface area contributed by atoms with Crippen LogP contribution in [0.25, 0.3) is 0 Å². The summed E-state index contributed by atoms with van der Waals surface area (Å²) in [6.07, 6.45) is 1.22. The summed E-state index contributed by atoms with van der Waals surface area (Å²) >= 11 is 0. The third-order valence-corrected chi connectivity index (χ3v) is 0.728. The van der Waals surface area contributed by atoms with Crippen molar-refractivity contribution in [1.29, 1.82) is 0 Å². The van der Waals surface area contributed by atoms with E-state index in [-0.39, 0.29) is 5.97 Å². The highest BCUT2D eigenvalue weighted by Gasteiger charge is 1.96. The quantitative estimate of drug-likeness (QED) is 0.328. The maximum absolute atomic E-state index is 10.3. The van der Waals surface area contributed by atoms with Gasteiger partial charge in [-0.25, -0.2) is 4.79 Å². The van der Waals surface area contributed by atoms with Gasteiger partial charge in [-0.2, -0.15) is 4.89 Å². The molecule has 0 aromatic rings. The molecule has 0 bridgehead atoms. The number of hydrogen-bond acceptors (Lipinski definition) is 3. The van der Waals surface area contributed by atoms with Crippen molar-refractivity contribution < 1.29 is 14.6 Å². The van der Waals surface area contributed by atoms with Gasteiger partial charge in [-0.1, -0.05) is 13.8 Å². The Kier molecular flexibility index (Phi) is 5.21. The normalized spacial score (nSPS) is 9.11. The summed E-state index contributed by atoms with van der Waals surface area (Å²) in [5.41, 5.74) is 0. The van der Waals surface area contributed by atoms with Crippen LogP contribution in [0.4, 0.5) is 0 Å². The third-order valence-electron chi connectivity index (χ3n) is 0.728. The van der Waals surface area contributed by atoms with E-state index in [1.807, 2.05) is 6.92 Å². The van der Waals surface area contributed by atoms with Crippen LogP contribution in [-0.4, -0.2) is 12.6 Å². The van der Waals surface area contributed by atoms with Crippen LogP contribution in [0.15, 0.2) is 0 Å². The first-order valence-electron chi connectivity index (χ1n) is 3.13. The van der Waals surface area contributed by atoms with Crippen LogP contribution in [0.3, 0.4) is 0 Å². The minimum Gasteiger partial charge on any atom is -0.298 e. The molecule has 0 saturated carbocycles. The molecule has 9 heavy (non-hydrogen) atoms. The standard InChI is InChI=1S/C6H12O3/c1-3-5-8-9-6(7)4-2/h3-5H2,1-2H3. The fourth-order valence-corrected chi connectivity index (χ4v) is 0.250. The lowest BCUT2D eigenvalue weighted by Gasteiger charge is -1.98. The molecule has 0 aromatic carbocycles. The lowest BCUT2D eigenvalue weighted by molar-refractivity contribution is -0.271. The Labute approximate surface area is 54.9 Å². The van der Waals surface area contributed by atoms with Gasteiger partial charge in [0.25, 0.3) is 0 Å². The van der Waals surface area contributed by atoms with E-state index in [1.165, 1.54) is 0 Å². The highest BCUT2D eigenvalue weighted by molar-refractivity contribution is 5.68. The average molecular weight is 132 g/mol. The van der Waals surface area contributed by atoms with Crippen molar-refractivity contribution in [1.82, 2.24) is 0 Å². The highest BCUT2D eigenvalue weighted by Crippen LogP contribution is 1.86. The Bertz CT molecular complexity index is 80.4. The topological polar surface area (TPSA) is 35.5 Å². The molecule has 0 fully saturated rings. The fraction of sp³-hybridized carbons (Fsp3) is 0.833. The van der Waals surface area contributed by atoms with E-state index in [0.29, 0.717) is 13.0 Å². The second-order valence-electron chi connectivity index (χ2n) is 1.63. The molecule has 0 aliphatic heterocycles. The zero-order chi connectivity index (χ0) is 7.11. The summed E-state index contributed by atoms with van der Waals surface area (Å²) in [5.74, 6) is -0.316. The molecular formula is C6H12O3. The number of hydrogen-bond donors (Lipinski definition) is 0. The van der Waals surface area contributed by atoms with Crippen molar-refractivity contribution in [3.05, 3.63) is 0 Å². The molecule has 0 amide bonds. The number of carbonyl (C=O) groups is 1. The minimum absolute atomic E-state index is 0.316. The molecule has 54 valence electrons. The zero-order valence-corrected chi connectivity index (χ0v) is 5.85. The monoisotopic (exact) mass is 132 g/mol. The van der Waals surface area contributed by atoms with Crippen LogP contribution in [0.2, 0.25) is 0 Å². The molecule has 3 heteroatoms. The maximum atomic E-state index is 10.3. The molecule has 0 aromatic heterocycles. The second kappa shape index (κ2) is 5.56. The second-order valence-corrected chi connectivity index (χ2v) is 1.63. The predicted octanol–water partition coefficient (Wildman–Crippen LogP) is 1.28. The molecule has 0 unspecified atom stereocenters. The molecule has 3 nitrogen and oxygen atoms in total. The molecule has 0 radical (unpaired) electrons. The Morgan fingerprint density at radius 2 is 2.11 bits per heavy atom. The number of rotatable bonds is 4. The summed E-state index contributed by atoms with van der Waals surface area (Å²) in [6.45, 7) is 4.14. The number of carbonyl (C=O) groups excluding carboxylic acids is 1. The first-order valence-corrected chi connectivity index (χ1v) is 3.13. The van der Waals surface area contributed by atoms with E-state index < -0.39 is 0 Å². The van der Waals surface area contributed by atoms with E-state index in [1.54, 1.807) is 6.92 Å². The zero-order valence-electron chi connectivity index (χ0n) is 5.85. The molecule has 0 aliphatic carbocycles. The fourth-order valence-electron chi connectivity index (χ4n) is 0.250. The van der Waals surface area contributed by atoms with Crippen molar-refractivity contribution in [2.45, 2.75) is 26.7 Å². The van der Waals surface area contributed by atoms with Crippen LogP contribution in [0.1, 0.15) is 26.7 Å². The van der Waals surface area contributed by atoms with Crippen molar-refractivity contribution in [3.8, 4) is 0 Å². The Morgan fingerprint density at radius 1 is 1.44 bits per heavy atom. The minimum atomic E-state index is -0.316. The van der Waals surface area contributed by atoms with Crippen molar-refractivity contribution in [3.63, 3.8) is 0 Å². The summed E-state index contributed by atoms with van der Waals surface area (Å²) in [4.78, 5) is 19.1. The summed E-state index contributed by atoms with van der Waals surface area (Å²) in [7, 11) is 0. The molecule has 0 N–H and O–H groups in total. The van der Waals surface area contributed by atoms with E-state index in [2.05, 4.69) is 9.78 Å². The van der Waals surface area contributed by atoms with Crippen LogP contribution in [0, 0.1) is 0 Å². The third kappa shape index (κ3) is 5.30. The van der Waals surface area contributed by atoms with Crippen molar-refractivity contribution >= 4 is 5.97 Å². The smallest absolute Gasteiger partial charge is 0.298 e. The van der Waals surface area contributed by atoms with E-state index in [4.69, 9.17) is 0 Å². The highest BCUT2D eigenvalue weighted by atomic mass is 17.2. The van der Waals surface area contributed by atoms with Gasteiger partial charge in [-0.05, 0) is 6.42 Å². The lowest BCUT2D eigenvalue weighted by Crippen LogP contribution is -2.03. The summed E-state index contributed by atoms with van der Waals surface area (Å²) in [5, 5.41) is 0. The average Bonchev–Trinajstić information content (AvgIpc) is 1.89. The molecule has 0 heterocycles. The largest absolute Gasteiger partial charge is 0.342 e. The Balaban J connectivity index is 2.97. The maximum Gasteiger partial charge on any atom is 0.342 e. The van der Waals surface area contributed by atoms with Crippen LogP contribution in [0.5, 0.6) is 0 Å². The van der Waals surface area contributed by atoms with Gasteiger partial charge in [0, 0.05) is 6.42 Å². The molecule has 0 saturated heterocycles. The SMILES string of the molecule is CCCOOC(=O)CC. The molecule has 0 spiro atoms. The molecule has 0 rings (SSSR count). The van der Waals surface area contributed by atoms with Gasteiger partial charge < -0.3 is 0 Å². The van der Waals surface area contributed by atoms with Crippen LogP contribution < -0.4 is 0 Å². The molecular weight excluding hydrogens is 120 g/mol. The van der Waals surface area contributed by atoms with Crippen molar-refractivity contribution in [2.24, 2.45) is 0 Å². The van der Waals surface area contributed by atoms with E-state index in [0.717, 1.165) is 6.42 Å². The van der Waals surface area contributed by atoms with Gasteiger partial charge in [-0.3, -0.25) is 4.89 Å². The summed E-state index contributed by atoms with van der Waals surface area (Å²) < 4.78 is 0. The van der Waals surface area contributed by atoms with Gasteiger partial charge in [-0.15, -0.1) is 0 Å². The van der Waals surface area contributed by atoms with Gasteiger partial charge in [0.05, 0.1) is 6.61 Å². The van der Waals surface area contributed by atoms with Gasteiger partial charge in [0.1, 0.15) is 0 Å². The van der Waals surface area contributed by atoms with Crippen LogP contribution >= 0.6 is 0 Å². The molecule has 0 atom stereocenters. The predicted molar refractivity (Wildman–Crippen MR) is 32.6 cm³/mol. The Hall–Kier alpha value is -0.570. The van der Waals surface area contributed by atoms with E-state index >= 15 is 0 Å². The van der Waals surface area contributed by atoms with Gasteiger partial charge >= 0.3 is 5.97 Å². The van der Waals surface area contributed by atoms with E-state index in [9.17, 15) is 4.79 Å².